The highest BCUT2D eigenvalue weighted by molar-refractivity contribution is 7.99. The molecule has 2 aromatic heterocycles. The van der Waals surface area contributed by atoms with Crippen LogP contribution in [-0.2, 0) is 16.1 Å². The SMILES string of the molecule is CCCCC(=O)Nc1ccc(NC(=O)CSc2nnc(-c3cccnc3)n2CC)cc1. The first-order valence-corrected chi connectivity index (χ1v) is 11.3. The third-order valence-electron chi connectivity index (χ3n) is 4.49. The molecule has 0 fully saturated rings. The Labute approximate surface area is 185 Å². The summed E-state index contributed by atoms with van der Waals surface area (Å²) in [6.07, 6.45) is 5.82. The Morgan fingerprint density at radius 3 is 2.32 bits per heavy atom. The summed E-state index contributed by atoms with van der Waals surface area (Å²) in [7, 11) is 0. The highest BCUT2D eigenvalue weighted by atomic mass is 32.2. The Bertz CT molecular complexity index is 1000. The molecule has 0 radical (unpaired) electrons. The molecule has 0 aliphatic rings. The molecular weight excluding hydrogens is 412 g/mol. The second-order valence-electron chi connectivity index (χ2n) is 6.86. The summed E-state index contributed by atoms with van der Waals surface area (Å²) in [5.74, 6) is 0.801. The largest absolute Gasteiger partial charge is 0.326 e. The zero-order valence-electron chi connectivity index (χ0n) is 17.7. The van der Waals surface area contributed by atoms with Gasteiger partial charge in [-0.05, 0) is 49.7 Å². The zero-order chi connectivity index (χ0) is 22.1. The zero-order valence-corrected chi connectivity index (χ0v) is 18.5. The maximum absolute atomic E-state index is 12.4. The summed E-state index contributed by atoms with van der Waals surface area (Å²) < 4.78 is 1.96. The van der Waals surface area contributed by atoms with Crippen LogP contribution in [0, 0.1) is 0 Å². The van der Waals surface area contributed by atoms with Crippen molar-refractivity contribution < 1.29 is 9.59 Å². The lowest BCUT2D eigenvalue weighted by atomic mass is 10.2. The van der Waals surface area contributed by atoms with E-state index >= 15 is 0 Å². The van der Waals surface area contributed by atoms with Crippen LogP contribution in [0.1, 0.15) is 33.1 Å². The predicted octanol–water partition coefficient (Wildman–Crippen LogP) is 4.22. The first-order chi connectivity index (χ1) is 15.1. The molecule has 0 aliphatic heterocycles. The van der Waals surface area contributed by atoms with Gasteiger partial charge >= 0.3 is 0 Å². The average Bonchev–Trinajstić information content (AvgIpc) is 3.21. The normalized spacial score (nSPS) is 10.6. The minimum atomic E-state index is -0.140. The van der Waals surface area contributed by atoms with Gasteiger partial charge in [-0.3, -0.25) is 14.6 Å². The fourth-order valence-corrected chi connectivity index (χ4v) is 3.72. The Balaban J connectivity index is 1.54. The fraction of sp³-hybridized carbons (Fsp3) is 0.318. The Hall–Kier alpha value is -3.20. The smallest absolute Gasteiger partial charge is 0.234 e. The molecule has 1 aromatic carbocycles. The van der Waals surface area contributed by atoms with E-state index in [-0.39, 0.29) is 17.6 Å². The Morgan fingerprint density at radius 2 is 1.71 bits per heavy atom. The molecule has 0 bridgehead atoms. The van der Waals surface area contributed by atoms with Crippen LogP contribution in [-0.4, -0.2) is 37.3 Å². The molecule has 3 rings (SSSR count). The third-order valence-corrected chi connectivity index (χ3v) is 5.46. The van der Waals surface area contributed by atoms with Crippen molar-refractivity contribution in [1.82, 2.24) is 19.7 Å². The van der Waals surface area contributed by atoms with Gasteiger partial charge in [-0.25, -0.2) is 0 Å². The topological polar surface area (TPSA) is 102 Å². The molecular formula is C22H26N6O2S. The van der Waals surface area contributed by atoms with E-state index in [1.54, 1.807) is 36.7 Å². The van der Waals surface area contributed by atoms with E-state index in [1.165, 1.54) is 11.8 Å². The van der Waals surface area contributed by atoms with Gasteiger partial charge in [-0.2, -0.15) is 0 Å². The number of thioether (sulfide) groups is 1. The summed E-state index contributed by atoms with van der Waals surface area (Å²) >= 11 is 1.33. The van der Waals surface area contributed by atoms with Crippen LogP contribution < -0.4 is 10.6 Å². The van der Waals surface area contributed by atoms with Gasteiger partial charge in [-0.1, -0.05) is 25.1 Å². The molecule has 9 heteroatoms. The van der Waals surface area contributed by atoms with Crippen LogP contribution in [0.3, 0.4) is 0 Å². The predicted molar refractivity (Wildman–Crippen MR) is 123 cm³/mol. The van der Waals surface area contributed by atoms with E-state index in [4.69, 9.17) is 0 Å². The molecule has 2 heterocycles. The molecule has 2 amide bonds. The number of unbranched alkanes of at least 4 members (excludes halogenated alkanes) is 1. The first kappa shape index (κ1) is 22.5. The van der Waals surface area contributed by atoms with Crippen molar-refractivity contribution in [3.63, 3.8) is 0 Å². The number of rotatable bonds is 10. The van der Waals surface area contributed by atoms with E-state index in [0.29, 0.717) is 29.5 Å². The summed E-state index contributed by atoms with van der Waals surface area (Å²) in [4.78, 5) is 28.3. The summed E-state index contributed by atoms with van der Waals surface area (Å²) in [6, 6.07) is 10.9. The molecule has 0 saturated heterocycles. The Morgan fingerprint density at radius 1 is 1.00 bits per heavy atom. The molecule has 0 unspecified atom stereocenters. The number of amides is 2. The highest BCUT2D eigenvalue weighted by Gasteiger charge is 2.14. The highest BCUT2D eigenvalue weighted by Crippen LogP contribution is 2.23. The number of carbonyl (C=O) groups is 2. The van der Waals surface area contributed by atoms with Crippen LogP contribution in [0.15, 0.2) is 53.9 Å². The lowest BCUT2D eigenvalue weighted by Gasteiger charge is -2.09. The summed E-state index contributed by atoms with van der Waals surface area (Å²) in [6.45, 7) is 4.75. The molecule has 162 valence electrons. The van der Waals surface area contributed by atoms with E-state index in [2.05, 4.69) is 32.7 Å². The average molecular weight is 439 g/mol. The van der Waals surface area contributed by atoms with E-state index < -0.39 is 0 Å². The van der Waals surface area contributed by atoms with E-state index in [1.807, 2.05) is 23.6 Å². The molecule has 31 heavy (non-hydrogen) atoms. The van der Waals surface area contributed by atoms with Gasteiger partial charge in [0.2, 0.25) is 11.8 Å². The quantitative estimate of drug-likeness (QED) is 0.460. The van der Waals surface area contributed by atoms with Crippen molar-refractivity contribution >= 4 is 35.0 Å². The number of nitrogens with zero attached hydrogens (tertiary/aromatic N) is 4. The fourth-order valence-electron chi connectivity index (χ4n) is 2.91. The van der Waals surface area contributed by atoms with Gasteiger partial charge in [0.05, 0.1) is 5.75 Å². The van der Waals surface area contributed by atoms with Gasteiger partial charge in [-0.15, -0.1) is 10.2 Å². The molecule has 0 saturated carbocycles. The number of benzene rings is 1. The number of anilines is 2. The van der Waals surface area contributed by atoms with Crippen molar-refractivity contribution in [1.29, 1.82) is 0 Å². The van der Waals surface area contributed by atoms with Gasteiger partial charge < -0.3 is 15.2 Å². The molecule has 0 aliphatic carbocycles. The molecule has 0 spiro atoms. The van der Waals surface area contributed by atoms with Gasteiger partial charge in [0.25, 0.3) is 0 Å². The first-order valence-electron chi connectivity index (χ1n) is 10.3. The maximum atomic E-state index is 12.4. The monoisotopic (exact) mass is 438 g/mol. The van der Waals surface area contributed by atoms with Crippen LogP contribution in [0.4, 0.5) is 11.4 Å². The minimum Gasteiger partial charge on any atom is -0.326 e. The van der Waals surface area contributed by atoms with Crippen LogP contribution in [0.2, 0.25) is 0 Å². The van der Waals surface area contributed by atoms with Crippen LogP contribution in [0.25, 0.3) is 11.4 Å². The maximum Gasteiger partial charge on any atom is 0.234 e. The standard InChI is InChI=1S/C22H26N6O2S/c1-3-5-8-19(29)24-17-9-11-18(12-10-17)25-20(30)15-31-22-27-26-21(28(22)4-2)16-7-6-13-23-14-16/h6-7,9-14H,3-5,8,15H2,1-2H3,(H,24,29)(H,25,30). The number of hydrogen-bond acceptors (Lipinski definition) is 6. The van der Waals surface area contributed by atoms with E-state index in [0.717, 1.165) is 24.2 Å². The minimum absolute atomic E-state index is 0.000671. The number of hydrogen-bond donors (Lipinski definition) is 2. The number of pyridine rings is 1. The third kappa shape index (κ3) is 6.39. The van der Waals surface area contributed by atoms with Gasteiger partial charge in [0.15, 0.2) is 11.0 Å². The Kier molecular flexibility index (Phi) is 8.17. The van der Waals surface area contributed by atoms with E-state index in [9.17, 15) is 9.59 Å². The van der Waals surface area contributed by atoms with Crippen LogP contribution in [0.5, 0.6) is 0 Å². The van der Waals surface area contributed by atoms with Crippen molar-refractivity contribution in [2.75, 3.05) is 16.4 Å². The van der Waals surface area contributed by atoms with Crippen LogP contribution >= 0.6 is 11.8 Å². The molecule has 8 nitrogen and oxygen atoms in total. The van der Waals surface area contributed by atoms with Gasteiger partial charge in [0, 0.05) is 42.3 Å². The lowest BCUT2D eigenvalue weighted by molar-refractivity contribution is -0.116. The second-order valence-corrected chi connectivity index (χ2v) is 7.80. The number of carbonyl (C=O) groups excluding carboxylic acids is 2. The van der Waals surface area contributed by atoms with Crippen molar-refractivity contribution in [3.05, 3.63) is 48.8 Å². The summed E-state index contributed by atoms with van der Waals surface area (Å²) in [5.41, 5.74) is 2.27. The lowest BCUT2D eigenvalue weighted by Crippen LogP contribution is -2.15. The van der Waals surface area contributed by atoms with Crippen molar-refractivity contribution in [3.8, 4) is 11.4 Å². The van der Waals surface area contributed by atoms with Gasteiger partial charge in [0.1, 0.15) is 0 Å². The van der Waals surface area contributed by atoms with Crippen molar-refractivity contribution in [2.45, 2.75) is 44.8 Å². The molecule has 3 aromatic rings. The molecule has 2 N–H and O–H groups in total. The number of nitrogens with one attached hydrogen (secondary N) is 2. The number of aromatic nitrogens is 4. The second kappa shape index (κ2) is 11.3. The summed E-state index contributed by atoms with van der Waals surface area (Å²) in [5, 5.41) is 14.9. The van der Waals surface area contributed by atoms with Crippen molar-refractivity contribution in [2.24, 2.45) is 0 Å². The molecule has 0 atom stereocenters.